The van der Waals surface area contributed by atoms with Gasteiger partial charge in [0.2, 0.25) is 5.88 Å². The predicted octanol–water partition coefficient (Wildman–Crippen LogP) is 1.27. The molecule has 1 aliphatic heterocycles. The number of halogens is 6. The standard InChI is InChI=1S/C18H22F6N4O5/c1-9-11(17(19,20)21)15(33-7-10(29)28-3-5-32-6-4-28)27-13(12(9)25)14(30)26-8-16(2,31)18(22,23)24/h31H,3-8,25H2,1-2H3,(H,26,30). The van der Waals surface area contributed by atoms with Crippen molar-refractivity contribution in [2.75, 3.05) is 45.2 Å². The van der Waals surface area contributed by atoms with Gasteiger partial charge in [0, 0.05) is 13.1 Å². The van der Waals surface area contributed by atoms with Gasteiger partial charge in [0.1, 0.15) is 5.56 Å². The second-order valence-electron chi connectivity index (χ2n) is 7.41. The summed E-state index contributed by atoms with van der Waals surface area (Å²) in [6.07, 6.45) is -10.1. The van der Waals surface area contributed by atoms with Gasteiger partial charge in [-0.2, -0.15) is 26.3 Å². The number of aromatic nitrogens is 1. The van der Waals surface area contributed by atoms with Crippen LogP contribution in [-0.4, -0.2) is 78.0 Å². The van der Waals surface area contributed by atoms with Crippen LogP contribution in [0.2, 0.25) is 0 Å². The maximum Gasteiger partial charge on any atom is 0.421 e. The summed E-state index contributed by atoms with van der Waals surface area (Å²) < 4.78 is 89.2. The third-order valence-corrected chi connectivity index (χ3v) is 4.86. The Morgan fingerprint density at radius 1 is 1.21 bits per heavy atom. The molecule has 33 heavy (non-hydrogen) atoms. The number of pyridine rings is 1. The molecule has 1 fully saturated rings. The van der Waals surface area contributed by atoms with Gasteiger partial charge in [-0.25, -0.2) is 4.98 Å². The Labute approximate surface area is 183 Å². The number of alkyl halides is 6. The van der Waals surface area contributed by atoms with E-state index in [2.05, 4.69) is 4.98 Å². The zero-order valence-corrected chi connectivity index (χ0v) is 17.6. The first kappa shape index (κ1) is 26.4. The number of morpholine rings is 1. The van der Waals surface area contributed by atoms with Crippen LogP contribution in [0.1, 0.15) is 28.5 Å². The summed E-state index contributed by atoms with van der Waals surface area (Å²) in [4.78, 5) is 29.3. The van der Waals surface area contributed by atoms with E-state index in [-0.39, 0.29) is 26.3 Å². The van der Waals surface area contributed by atoms with Crippen LogP contribution in [0.3, 0.4) is 0 Å². The van der Waals surface area contributed by atoms with E-state index < -0.39 is 71.3 Å². The second kappa shape index (κ2) is 9.59. The van der Waals surface area contributed by atoms with E-state index >= 15 is 0 Å². The molecule has 1 unspecified atom stereocenters. The summed E-state index contributed by atoms with van der Waals surface area (Å²) in [5.74, 6) is -3.17. The van der Waals surface area contributed by atoms with Gasteiger partial charge in [-0.1, -0.05) is 0 Å². The van der Waals surface area contributed by atoms with Gasteiger partial charge in [-0.05, 0) is 19.4 Å². The summed E-state index contributed by atoms with van der Waals surface area (Å²) in [6, 6.07) is 0. The molecule has 9 nitrogen and oxygen atoms in total. The Balaban J connectivity index is 2.32. The highest BCUT2D eigenvalue weighted by atomic mass is 19.4. The van der Waals surface area contributed by atoms with Gasteiger partial charge in [0.25, 0.3) is 11.8 Å². The lowest BCUT2D eigenvalue weighted by Crippen LogP contribution is -2.51. The van der Waals surface area contributed by atoms with Crippen molar-refractivity contribution in [3.63, 3.8) is 0 Å². The number of nitrogens with two attached hydrogens (primary N) is 1. The molecule has 4 N–H and O–H groups in total. The van der Waals surface area contributed by atoms with Crippen molar-refractivity contribution >= 4 is 17.5 Å². The number of carbonyl (C=O) groups excluding carboxylic acids is 2. The maximum absolute atomic E-state index is 13.6. The lowest BCUT2D eigenvalue weighted by atomic mass is 10.1. The quantitative estimate of drug-likeness (QED) is 0.515. The highest BCUT2D eigenvalue weighted by molar-refractivity contribution is 5.98. The minimum absolute atomic E-state index is 0.204. The lowest BCUT2D eigenvalue weighted by molar-refractivity contribution is -0.249. The van der Waals surface area contributed by atoms with Crippen molar-refractivity contribution in [3.8, 4) is 5.88 Å². The largest absolute Gasteiger partial charge is 0.467 e. The van der Waals surface area contributed by atoms with Crippen LogP contribution < -0.4 is 15.8 Å². The van der Waals surface area contributed by atoms with Crippen LogP contribution in [0, 0.1) is 6.92 Å². The van der Waals surface area contributed by atoms with Crippen LogP contribution in [0.25, 0.3) is 0 Å². The number of ether oxygens (including phenoxy) is 2. The highest BCUT2D eigenvalue weighted by Gasteiger charge is 2.50. The molecule has 186 valence electrons. The zero-order valence-electron chi connectivity index (χ0n) is 17.6. The number of nitrogens with zero attached hydrogens (tertiary/aromatic N) is 2. The smallest absolute Gasteiger partial charge is 0.421 e. The fraction of sp³-hybridized carbons (Fsp3) is 0.611. The molecule has 0 spiro atoms. The number of rotatable bonds is 6. The summed E-state index contributed by atoms with van der Waals surface area (Å²) in [5.41, 5.74) is -1.43. The molecular formula is C18H22F6N4O5. The van der Waals surface area contributed by atoms with Crippen molar-refractivity contribution in [2.24, 2.45) is 0 Å². The van der Waals surface area contributed by atoms with Crippen LogP contribution in [0.4, 0.5) is 32.0 Å². The number of carbonyl (C=O) groups is 2. The Bertz CT molecular complexity index is 898. The van der Waals surface area contributed by atoms with Crippen LogP contribution in [0.5, 0.6) is 5.88 Å². The maximum atomic E-state index is 13.6. The molecule has 1 aromatic heterocycles. The SMILES string of the molecule is Cc1c(N)c(C(=O)NCC(C)(O)C(F)(F)F)nc(OCC(=O)N2CCOCC2)c1C(F)(F)F. The Morgan fingerprint density at radius 2 is 1.79 bits per heavy atom. The van der Waals surface area contributed by atoms with Crippen molar-refractivity contribution in [1.82, 2.24) is 15.2 Å². The summed E-state index contributed by atoms with van der Waals surface area (Å²) in [6.45, 7) is 0.0404. The third-order valence-electron chi connectivity index (χ3n) is 4.86. The first-order valence-electron chi connectivity index (χ1n) is 9.49. The Kier molecular flexibility index (Phi) is 7.68. The molecule has 2 rings (SSSR count). The summed E-state index contributed by atoms with van der Waals surface area (Å²) in [7, 11) is 0. The number of hydrogen-bond acceptors (Lipinski definition) is 7. The van der Waals surface area contributed by atoms with Gasteiger partial charge in [0.05, 0.1) is 25.4 Å². The normalized spacial score (nSPS) is 16.8. The molecule has 1 aliphatic rings. The number of nitrogen functional groups attached to an aromatic ring is 1. The van der Waals surface area contributed by atoms with E-state index in [1.54, 1.807) is 5.32 Å². The molecule has 1 aromatic rings. The highest BCUT2D eigenvalue weighted by Crippen LogP contribution is 2.40. The van der Waals surface area contributed by atoms with Gasteiger partial charge in [0.15, 0.2) is 17.9 Å². The minimum atomic E-state index is -5.09. The molecule has 0 aromatic carbocycles. The zero-order chi connectivity index (χ0) is 25.2. The molecule has 2 amide bonds. The van der Waals surface area contributed by atoms with Gasteiger partial charge >= 0.3 is 12.4 Å². The van der Waals surface area contributed by atoms with E-state index in [1.165, 1.54) is 4.90 Å². The number of nitrogens with one attached hydrogen (secondary N) is 1. The van der Waals surface area contributed by atoms with Gasteiger partial charge in [-0.15, -0.1) is 0 Å². The molecule has 1 saturated heterocycles. The monoisotopic (exact) mass is 488 g/mol. The number of aliphatic hydroxyl groups is 1. The first-order chi connectivity index (χ1) is 15.1. The van der Waals surface area contributed by atoms with E-state index in [0.29, 0.717) is 6.92 Å². The van der Waals surface area contributed by atoms with Crippen molar-refractivity contribution in [2.45, 2.75) is 31.8 Å². The topological polar surface area (TPSA) is 127 Å². The lowest BCUT2D eigenvalue weighted by Gasteiger charge is -2.27. The second-order valence-corrected chi connectivity index (χ2v) is 7.41. The average Bonchev–Trinajstić information content (AvgIpc) is 2.71. The number of anilines is 1. The van der Waals surface area contributed by atoms with Crippen LogP contribution >= 0.6 is 0 Å². The molecule has 0 saturated carbocycles. The predicted molar refractivity (Wildman–Crippen MR) is 100 cm³/mol. The van der Waals surface area contributed by atoms with Crippen LogP contribution in [0.15, 0.2) is 0 Å². The molecule has 0 bridgehead atoms. The fourth-order valence-corrected chi connectivity index (χ4v) is 2.77. The van der Waals surface area contributed by atoms with Gasteiger partial charge in [-0.3, -0.25) is 9.59 Å². The molecule has 0 radical (unpaired) electrons. The molecule has 1 atom stereocenters. The van der Waals surface area contributed by atoms with E-state index in [0.717, 1.165) is 6.92 Å². The first-order valence-corrected chi connectivity index (χ1v) is 9.49. The number of hydrogen-bond donors (Lipinski definition) is 3. The molecule has 2 heterocycles. The van der Waals surface area contributed by atoms with Crippen molar-refractivity contribution in [1.29, 1.82) is 0 Å². The fourth-order valence-electron chi connectivity index (χ4n) is 2.77. The third kappa shape index (κ3) is 6.16. The van der Waals surface area contributed by atoms with E-state index in [1.807, 2.05) is 0 Å². The van der Waals surface area contributed by atoms with Crippen molar-refractivity contribution < 1.29 is 50.5 Å². The summed E-state index contributed by atoms with van der Waals surface area (Å²) >= 11 is 0. The van der Waals surface area contributed by atoms with Gasteiger partial charge < -0.3 is 30.5 Å². The van der Waals surface area contributed by atoms with Crippen molar-refractivity contribution in [3.05, 3.63) is 16.8 Å². The molecule has 0 aliphatic carbocycles. The Hall–Kier alpha value is -2.81. The van der Waals surface area contributed by atoms with E-state index in [4.69, 9.17) is 15.2 Å². The molecular weight excluding hydrogens is 466 g/mol. The average molecular weight is 488 g/mol. The van der Waals surface area contributed by atoms with Crippen LogP contribution in [-0.2, 0) is 15.7 Å². The number of amides is 2. The summed E-state index contributed by atoms with van der Waals surface area (Å²) in [5, 5.41) is 11.2. The molecule has 15 heteroatoms. The Morgan fingerprint density at radius 3 is 2.30 bits per heavy atom. The van der Waals surface area contributed by atoms with E-state index in [9.17, 15) is 41.0 Å². The minimum Gasteiger partial charge on any atom is -0.467 e.